The van der Waals surface area contributed by atoms with E-state index in [-0.39, 0.29) is 17.5 Å². The van der Waals surface area contributed by atoms with Crippen LogP contribution >= 0.6 is 0 Å². The molecule has 0 radical (unpaired) electrons. The molecule has 0 saturated carbocycles. The first-order valence-corrected chi connectivity index (χ1v) is 6.00. The highest BCUT2D eigenvalue weighted by Gasteiger charge is 2.41. The van der Waals surface area contributed by atoms with Gasteiger partial charge in [-0.25, -0.2) is 0 Å². The minimum Gasteiger partial charge on any atom is -0.497 e. The zero-order valence-corrected chi connectivity index (χ0v) is 11.6. The Hall–Kier alpha value is -1.64. The second-order valence-corrected chi connectivity index (χ2v) is 4.81. The molecule has 1 unspecified atom stereocenters. The minimum absolute atomic E-state index is 0.0988. The number of methoxy groups -OCH3 is 1. The van der Waals surface area contributed by atoms with Crippen LogP contribution in [0.2, 0.25) is 0 Å². The van der Waals surface area contributed by atoms with Gasteiger partial charge in [0, 0.05) is 5.92 Å². The molecule has 0 aromatic heterocycles. The summed E-state index contributed by atoms with van der Waals surface area (Å²) >= 11 is 0. The molecule has 1 aromatic rings. The van der Waals surface area contributed by atoms with E-state index in [0.717, 1.165) is 11.3 Å². The minimum atomic E-state index is -0.964. The first-order chi connectivity index (χ1) is 8.33. The lowest BCUT2D eigenvalue weighted by molar-refractivity contribution is -0.138. The molecule has 1 aromatic carbocycles. The highest BCUT2D eigenvalue weighted by molar-refractivity contribution is 6.05. The van der Waals surface area contributed by atoms with Gasteiger partial charge in [-0.1, -0.05) is 19.1 Å². The molecule has 0 heterocycles. The van der Waals surface area contributed by atoms with E-state index in [2.05, 4.69) is 0 Å². The molecule has 1 atom stereocenters. The number of benzene rings is 1. The van der Waals surface area contributed by atoms with Gasteiger partial charge in [-0.15, -0.1) is 0 Å². The summed E-state index contributed by atoms with van der Waals surface area (Å²) < 4.78 is 5.10. The van der Waals surface area contributed by atoms with E-state index in [9.17, 15) is 9.59 Å². The van der Waals surface area contributed by atoms with Crippen molar-refractivity contribution in [2.45, 2.75) is 33.6 Å². The normalized spacial score (nSPS) is 12.9. The molecule has 1 rings (SSSR count). The molecular formula is C15H20O3. The van der Waals surface area contributed by atoms with Gasteiger partial charge >= 0.3 is 0 Å². The molecule has 0 bridgehead atoms. The van der Waals surface area contributed by atoms with Gasteiger partial charge in [0.2, 0.25) is 0 Å². The second-order valence-electron chi connectivity index (χ2n) is 4.81. The van der Waals surface area contributed by atoms with Crippen LogP contribution in [-0.2, 0) is 9.59 Å². The molecule has 0 fully saturated rings. The molecule has 98 valence electrons. The van der Waals surface area contributed by atoms with Gasteiger partial charge in [0.15, 0.2) is 0 Å². The Morgan fingerprint density at radius 1 is 1.11 bits per heavy atom. The van der Waals surface area contributed by atoms with E-state index < -0.39 is 5.41 Å². The Morgan fingerprint density at radius 3 is 1.89 bits per heavy atom. The third-order valence-corrected chi connectivity index (χ3v) is 3.94. The fourth-order valence-corrected chi connectivity index (χ4v) is 2.08. The summed E-state index contributed by atoms with van der Waals surface area (Å²) in [7, 11) is 1.60. The van der Waals surface area contributed by atoms with Gasteiger partial charge < -0.3 is 4.74 Å². The van der Waals surface area contributed by atoms with Crippen molar-refractivity contribution in [3.8, 4) is 5.75 Å². The van der Waals surface area contributed by atoms with Crippen LogP contribution in [0.1, 0.15) is 39.2 Å². The SMILES string of the molecule is COc1ccc(C(C)C(C)(C(C)=O)C(C)=O)cc1. The molecular weight excluding hydrogens is 228 g/mol. The highest BCUT2D eigenvalue weighted by Crippen LogP contribution is 2.37. The number of ketones is 2. The monoisotopic (exact) mass is 248 g/mol. The molecule has 18 heavy (non-hydrogen) atoms. The molecule has 3 nitrogen and oxygen atoms in total. The van der Waals surface area contributed by atoms with Crippen LogP contribution in [-0.4, -0.2) is 18.7 Å². The smallest absolute Gasteiger partial charge is 0.143 e. The topological polar surface area (TPSA) is 43.4 Å². The van der Waals surface area contributed by atoms with Crippen LogP contribution in [0.5, 0.6) is 5.75 Å². The number of ether oxygens (including phenoxy) is 1. The Balaban J connectivity index is 3.14. The second kappa shape index (κ2) is 5.34. The number of Topliss-reactive ketones (excluding diaryl/α,β-unsaturated/α-hetero) is 2. The molecule has 3 heteroatoms. The highest BCUT2D eigenvalue weighted by atomic mass is 16.5. The maximum atomic E-state index is 11.8. The maximum Gasteiger partial charge on any atom is 0.143 e. The van der Waals surface area contributed by atoms with Crippen LogP contribution in [0.3, 0.4) is 0 Å². The third-order valence-electron chi connectivity index (χ3n) is 3.94. The molecule has 0 N–H and O–H groups in total. The van der Waals surface area contributed by atoms with Crippen molar-refractivity contribution in [2.24, 2.45) is 5.41 Å². The standard InChI is InChI=1S/C15H20O3/c1-10(15(4,11(2)16)12(3)17)13-6-8-14(18-5)9-7-13/h6-10H,1-5H3. The van der Waals surface area contributed by atoms with E-state index in [1.54, 1.807) is 14.0 Å². The fourth-order valence-electron chi connectivity index (χ4n) is 2.08. The van der Waals surface area contributed by atoms with Gasteiger partial charge in [-0.05, 0) is 38.5 Å². The largest absolute Gasteiger partial charge is 0.497 e. The summed E-state index contributed by atoms with van der Waals surface area (Å²) in [5.74, 6) is 0.411. The maximum absolute atomic E-state index is 11.8. The molecule has 0 spiro atoms. The first kappa shape index (κ1) is 14.4. The van der Waals surface area contributed by atoms with Gasteiger partial charge in [-0.3, -0.25) is 9.59 Å². The van der Waals surface area contributed by atoms with Gasteiger partial charge in [0.05, 0.1) is 12.5 Å². The molecule has 0 aliphatic heterocycles. The summed E-state index contributed by atoms with van der Waals surface area (Å²) in [6, 6.07) is 7.47. The predicted octanol–water partition coefficient (Wildman–Crippen LogP) is 2.98. The molecule has 0 saturated heterocycles. The van der Waals surface area contributed by atoms with Crippen molar-refractivity contribution < 1.29 is 14.3 Å². The predicted molar refractivity (Wildman–Crippen MR) is 70.9 cm³/mol. The lowest BCUT2D eigenvalue weighted by atomic mass is 9.69. The summed E-state index contributed by atoms with van der Waals surface area (Å²) in [5.41, 5.74) is -0.00194. The average molecular weight is 248 g/mol. The number of hydrogen-bond donors (Lipinski definition) is 0. The lowest BCUT2D eigenvalue weighted by Crippen LogP contribution is -2.38. The number of hydrogen-bond acceptors (Lipinski definition) is 3. The summed E-state index contributed by atoms with van der Waals surface area (Å²) in [6.07, 6.45) is 0. The lowest BCUT2D eigenvalue weighted by Gasteiger charge is -2.31. The van der Waals surface area contributed by atoms with Crippen molar-refractivity contribution in [3.05, 3.63) is 29.8 Å². The Labute approximate surface area is 108 Å². The third kappa shape index (κ3) is 2.45. The number of rotatable bonds is 5. The van der Waals surface area contributed by atoms with Crippen molar-refractivity contribution in [2.75, 3.05) is 7.11 Å². The van der Waals surface area contributed by atoms with Crippen LogP contribution in [0.15, 0.2) is 24.3 Å². The zero-order valence-electron chi connectivity index (χ0n) is 11.6. The van der Waals surface area contributed by atoms with Crippen molar-refractivity contribution in [1.29, 1.82) is 0 Å². The quantitative estimate of drug-likeness (QED) is 0.752. The fraction of sp³-hybridized carbons (Fsp3) is 0.467. The van der Waals surface area contributed by atoms with E-state index in [0.29, 0.717) is 0 Å². The summed E-state index contributed by atoms with van der Waals surface area (Å²) in [5, 5.41) is 0. The van der Waals surface area contributed by atoms with Gasteiger partial charge in [-0.2, -0.15) is 0 Å². The average Bonchev–Trinajstić information content (AvgIpc) is 2.36. The zero-order chi connectivity index (χ0) is 13.9. The number of carbonyl (C=O) groups is 2. The Morgan fingerprint density at radius 2 is 1.56 bits per heavy atom. The Kier molecular flexibility index (Phi) is 4.28. The van der Waals surface area contributed by atoms with Crippen molar-refractivity contribution in [3.63, 3.8) is 0 Å². The van der Waals surface area contributed by atoms with Gasteiger partial charge in [0.1, 0.15) is 17.3 Å². The molecule has 0 aliphatic rings. The number of carbonyl (C=O) groups excluding carboxylic acids is 2. The van der Waals surface area contributed by atoms with Crippen LogP contribution in [0.4, 0.5) is 0 Å². The van der Waals surface area contributed by atoms with E-state index >= 15 is 0 Å². The van der Waals surface area contributed by atoms with Crippen molar-refractivity contribution >= 4 is 11.6 Å². The molecule has 0 amide bonds. The van der Waals surface area contributed by atoms with E-state index in [1.807, 2.05) is 31.2 Å². The van der Waals surface area contributed by atoms with Crippen LogP contribution in [0, 0.1) is 5.41 Å². The molecule has 0 aliphatic carbocycles. The van der Waals surface area contributed by atoms with Crippen LogP contribution in [0.25, 0.3) is 0 Å². The summed E-state index contributed by atoms with van der Waals surface area (Å²) in [4.78, 5) is 23.6. The first-order valence-electron chi connectivity index (χ1n) is 6.00. The van der Waals surface area contributed by atoms with E-state index in [4.69, 9.17) is 4.74 Å². The van der Waals surface area contributed by atoms with Gasteiger partial charge in [0.25, 0.3) is 0 Å². The van der Waals surface area contributed by atoms with Crippen molar-refractivity contribution in [1.82, 2.24) is 0 Å². The summed E-state index contributed by atoms with van der Waals surface area (Å²) in [6.45, 7) is 6.57. The van der Waals surface area contributed by atoms with Crippen LogP contribution < -0.4 is 4.74 Å². The Bertz CT molecular complexity index is 431. The van der Waals surface area contributed by atoms with E-state index in [1.165, 1.54) is 13.8 Å².